The zero-order chi connectivity index (χ0) is 10.8. The number of aromatic nitrogens is 2. The largest absolute Gasteiger partial charge is 0.395 e. The van der Waals surface area contributed by atoms with Crippen molar-refractivity contribution >= 4 is 5.69 Å². The lowest BCUT2D eigenvalue weighted by Gasteiger charge is -2.07. The Morgan fingerprint density at radius 2 is 2.27 bits per heavy atom. The molecule has 15 heavy (non-hydrogen) atoms. The average Bonchev–Trinajstić information content (AvgIpc) is 2.70. The lowest BCUT2D eigenvalue weighted by molar-refractivity contribution is 0.631. The second-order valence-electron chi connectivity index (χ2n) is 2.91. The number of benzene rings is 1. The summed E-state index contributed by atoms with van der Waals surface area (Å²) in [5.74, 6) is -0.336. The van der Waals surface area contributed by atoms with E-state index in [1.165, 1.54) is 22.9 Å². The highest BCUT2D eigenvalue weighted by atomic mass is 19.1. The molecule has 2 rings (SSSR count). The van der Waals surface area contributed by atoms with Gasteiger partial charge in [0.05, 0.1) is 11.4 Å². The fourth-order valence-corrected chi connectivity index (χ4v) is 1.32. The first-order valence-corrected chi connectivity index (χ1v) is 4.22. The monoisotopic (exact) mass is 202 g/mol. The van der Waals surface area contributed by atoms with Crippen LogP contribution in [0.15, 0.2) is 30.6 Å². The summed E-state index contributed by atoms with van der Waals surface area (Å²) < 4.78 is 14.6. The molecule has 0 amide bonds. The van der Waals surface area contributed by atoms with Crippen LogP contribution in [0.4, 0.5) is 10.1 Å². The molecule has 0 spiro atoms. The predicted molar refractivity (Wildman–Crippen MR) is 52.6 cm³/mol. The Kier molecular flexibility index (Phi) is 2.10. The first-order valence-electron chi connectivity index (χ1n) is 4.22. The van der Waals surface area contributed by atoms with Crippen LogP contribution in [0.3, 0.4) is 0 Å². The third-order valence-electron chi connectivity index (χ3n) is 2.03. The van der Waals surface area contributed by atoms with Crippen molar-refractivity contribution in [1.29, 1.82) is 5.26 Å². The van der Waals surface area contributed by atoms with Gasteiger partial charge in [0, 0.05) is 12.4 Å². The fourth-order valence-electron chi connectivity index (χ4n) is 1.32. The molecule has 0 aliphatic heterocycles. The van der Waals surface area contributed by atoms with E-state index in [-0.39, 0.29) is 11.5 Å². The average molecular weight is 202 g/mol. The quantitative estimate of drug-likeness (QED) is 0.712. The van der Waals surface area contributed by atoms with E-state index in [0.29, 0.717) is 5.69 Å². The molecule has 0 saturated heterocycles. The van der Waals surface area contributed by atoms with Gasteiger partial charge in [-0.2, -0.15) is 5.26 Å². The molecule has 0 saturated carbocycles. The van der Waals surface area contributed by atoms with Gasteiger partial charge in [-0.15, -0.1) is 0 Å². The number of imidazole rings is 1. The van der Waals surface area contributed by atoms with Crippen molar-refractivity contribution in [2.75, 3.05) is 5.73 Å². The van der Waals surface area contributed by atoms with Crippen LogP contribution in [0.2, 0.25) is 0 Å². The molecule has 0 fully saturated rings. The molecule has 0 bridgehead atoms. The summed E-state index contributed by atoms with van der Waals surface area (Å²) in [6.07, 6.45) is 3.02. The van der Waals surface area contributed by atoms with E-state index in [4.69, 9.17) is 11.0 Å². The number of para-hydroxylation sites is 1. The summed E-state index contributed by atoms with van der Waals surface area (Å²) in [6, 6.07) is 6.32. The summed E-state index contributed by atoms with van der Waals surface area (Å²) in [7, 11) is 0. The van der Waals surface area contributed by atoms with Gasteiger partial charge in [-0.05, 0) is 12.1 Å². The van der Waals surface area contributed by atoms with E-state index in [2.05, 4.69) is 4.98 Å². The standard InChI is InChI=1S/C10H7FN4/c11-7-2-1-3-8(10(7)13)15-5-4-14-9(15)6-12/h1-5H,13H2. The molecule has 74 valence electrons. The Hall–Kier alpha value is -2.35. The molecule has 0 unspecified atom stereocenters. The van der Waals surface area contributed by atoms with Gasteiger partial charge >= 0.3 is 0 Å². The molecule has 0 atom stereocenters. The van der Waals surface area contributed by atoms with Crippen molar-refractivity contribution in [2.45, 2.75) is 0 Å². The molecular weight excluding hydrogens is 195 g/mol. The molecule has 1 heterocycles. The first-order chi connectivity index (χ1) is 7.24. The Balaban J connectivity index is 2.65. The van der Waals surface area contributed by atoms with Gasteiger partial charge < -0.3 is 5.73 Å². The molecule has 5 heteroatoms. The van der Waals surface area contributed by atoms with Gasteiger partial charge in [-0.1, -0.05) is 6.07 Å². The van der Waals surface area contributed by atoms with Crippen LogP contribution < -0.4 is 5.73 Å². The number of hydrogen-bond donors (Lipinski definition) is 1. The van der Waals surface area contributed by atoms with Crippen molar-refractivity contribution in [1.82, 2.24) is 9.55 Å². The summed E-state index contributed by atoms with van der Waals surface area (Å²) in [5, 5.41) is 8.76. The van der Waals surface area contributed by atoms with Crippen LogP contribution in [0.5, 0.6) is 0 Å². The Bertz CT molecular complexity index is 539. The van der Waals surface area contributed by atoms with Crippen molar-refractivity contribution in [2.24, 2.45) is 0 Å². The lowest BCUT2D eigenvalue weighted by atomic mass is 10.2. The Morgan fingerprint density at radius 1 is 1.47 bits per heavy atom. The van der Waals surface area contributed by atoms with Crippen molar-refractivity contribution in [3.8, 4) is 11.8 Å². The number of halogens is 1. The van der Waals surface area contributed by atoms with Gasteiger partial charge in [0.2, 0.25) is 5.82 Å². The molecule has 0 radical (unpaired) electrons. The highest BCUT2D eigenvalue weighted by Gasteiger charge is 2.09. The minimum Gasteiger partial charge on any atom is -0.395 e. The van der Waals surface area contributed by atoms with Gasteiger partial charge in [-0.3, -0.25) is 4.57 Å². The van der Waals surface area contributed by atoms with Crippen LogP contribution in [0, 0.1) is 17.1 Å². The third-order valence-corrected chi connectivity index (χ3v) is 2.03. The van der Waals surface area contributed by atoms with E-state index < -0.39 is 5.82 Å². The maximum absolute atomic E-state index is 13.2. The van der Waals surface area contributed by atoms with Crippen molar-refractivity contribution in [3.63, 3.8) is 0 Å². The number of anilines is 1. The van der Waals surface area contributed by atoms with Crippen LogP contribution in [-0.2, 0) is 0 Å². The zero-order valence-electron chi connectivity index (χ0n) is 7.68. The zero-order valence-corrected chi connectivity index (χ0v) is 7.68. The van der Waals surface area contributed by atoms with Gasteiger partial charge in [-0.25, -0.2) is 9.37 Å². The van der Waals surface area contributed by atoms with Crippen LogP contribution in [-0.4, -0.2) is 9.55 Å². The van der Waals surface area contributed by atoms with Gasteiger partial charge in [0.25, 0.3) is 0 Å². The van der Waals surface area contributed by atoms with E-state index >= 15 is 0 Å². The number of rotatable bonds is 1. The fraction of sp³-hybridized carbons (Fsp3) is 0. The summed E-state index contributed by atoms with van der Waals surface area (Å²) in [5.41, 5.74) is 5.99. The minimum atomic E-state index is -0.509. The topological polar surface area (TPSA) is 67.6 Å². The smallest absolute Gasteiger partial charge is 0.217 e. The molecule has 0 aliphatic rings. The molecule has 2 N–H and O–H groups in total. The molecule has 1 aromatic carbocycles. The third kappa shape index (κ3) is 1.42. The second kappa shape index (κ2) is 3.42. The normalized spacial score (nSPS) is 9.87. The van der Waals surface area contributed by atoms with E-state index in [1.54, 1.807) is 12.3 Å². The molecule has 4 nitrogen and oxygen atoms in total. The van der Waals surface area contributed by atoms with E-state index in [0.717, 1.165) is 0 Å². The summed E-state index contributed by atoms with van der Waals surface area (Å²) in [6.45, 7) is 0. The highest BCUT2D eigenvalue weighted by molar-refractivity contribution is 5.59. The Morgan fingerprint density at radius 3 is 3.00 bits per heavy atom. The van der Waals surface area contributed by atoms with Gasteiger partial charge in [0.1, 0.15) is 11.9 Å². The predicted octanol–water partition coefficient (Wildman–Crippen LogP) is 1.47. The maximum atomic E-state index is 13.2. The number of nitriles is 1. The first kappa shape index (κ1) is 9.21. The van der Waals surface area contributed by atoms with Crippen molar-refractivity contribution in [3.05, 3.63) is 42.2 Å². The van der Waals surface area contributed by atoms with E-state index in [1.807, 2.05) is 6.07 Å². The number of nitrogens with zero attached hydrogens (tertiary/aromatic N) is 3. The molecule has 0 aliphatic carbocycles. The molecule has 2 aromatic rings. The van der Waals surface area contributed by atoms with Crippen LogP contribution >= 0.6 is 0 Å². The second-order valence-corrected chi connectivity index (χ2v) is 2.91. The van der Waals surface area contributed by atoms with Crippen LogP contribution in [0.25, 0.3) is 5.69 Å². The summed E-state index contributed by atoms with van der Waals surface area (Å²) in [4.78, 5) is 3.81. The minimum absolute atomic E-state index is 0.00648. The Labute approximate surface area is 85.4 Å². The lowest BCUT2D eigenvalue weighted by Crippen LogP contribution is -2.03. The number of hydrogen-bond acceptors (Lipinski definition) is 3. The van der Waals surface area contributed by atoms with Gasteiger partial charge in [0.15, 0.2) is 0 Å². The molecular formula is C10H7FN4. The number of nitrogen functional groups attached to an aromatic ring is 1. The van der Waals surface area contributed by atoms with Crippen molar-refractivity contribution < 1.29 is 4.39 Å². The maximum Gasteiger partial charge on any atom is 0.217 e. The number of nitrogens with two attached hydrogens (primary N) is 1. The van der Waals surface area contributed by atoms with Crippen LogP contribution in [0.1, 0.15) is 5.82 Å². The molecule has 1 aromatic heterocycles. The summed E-state index contributed by atoms with van der Waals surface area (Å²) >= 11 is 0. The SMILES string of the molecule is N#Cc1nccn1-c1cccc(F)c1N. The highest BCUT2D eigenvalue weighted by Crippen LogP contribution is 2.20. The van der Waals surface area contributed by atoms with E-state index in [9.17, 15) is 4.39 Å².